The third-order valence-corrected chi connectivity index (χ3v) is 5.13. The Hall–Kier alpha value is -0.190. The van der Waals surface area contributed by atoms with E-state index in [1.54, 1.807) is 0 Å². The topological polar surface area (TPSA) is 24.9 Å². The molecule has 1 aromatic heterocycles. The summed E-state index contributed by atoms with van der Waals surface area (Å²) in [4.78, 5) is 4.29. The standard InChI is InChI=1S/C11H16N2S2/c1-2-4-13-10(3-1)7-12-8-11-9-14-5-6-15-11/h1-4,11-12H,5-9H2. The Bertz CT molecular complexity index is 273. The monoisotopic (exact) mass is 240 g/mol. The van der Waals surface area contributed by atoms with E-state index >= 15 is 0 Å². The van der Waals surface area contributed by atoms with Gasteiger partial charge in [0.05, 0.1) is 5.69 Å². The summed E-state index contributed by atoms with van der Waals surface area (Å²) in [6.45, 7) is 2.00. The molecule has 2 nitrogen and oxygen atoms in total. The molecule has 4 heteroatoms. The Morgan fingerprint density at radius 1 is 1.40 bits per heavy atom. The van der Waals surface area contributed by atoms with Crippen LogP contribution >= 0.6 is 23.5 Å². The van der Waals surface area contributed by atoms with Crippen molar-refractivity contribution in [2.45, 2.75) is 11.8 Å². The minimum atomic E-state index is 0.785. The number of thioether (sulfide) groups is 2. The number of rotatable bonds is 4. The first-order valence-corrected chi connectivity index (χ1v) is 7.45. The summed E-state index contributed by atoms with van der Waals surface area (Å²) < 4.78 is 0. The maximum atomic E-state index is 4.29. The first kappa shape index (κ1) is 11.3. The Balaban J connectivity index is 1.66. The van der Waals surface area contributed by atoms with Gasteiger partial charge in [-0.2, -0.15) is 23.5 Å². The fourth-order valence-corrected chi connectivity index (χ4v) is 4.16. The van der Waals surface area contributed by atoms with Crippen LogP contribution in [0, 0.1) is 0 Å². The van der Waals surface area contributed by atoms with Crippen molar-refractivity contribution < 1.29 is 0 Å². The zero-order valence-corrected chi connectivity index (χ0v) is 10.3. The van der Waals surface area contributed by atoms with Crippen LogP contribution in [-0.2, 0) is 6.54 Å². The van der Waals surface area contributed by atoms with E-state index in [1.807, 2.05) is 18.3 Å². The van der Waals surface area contributed by atoms with Gasteiger partial charge in [-0.25, -0.2) is 0 Å². The van der Waals surface area contributed by atoms with Crippen LogP contribution in [0.3, 0.4) is 0 Å². The second-order valence-corrected chi connectivity index (χ2v) is 6.08. The molecule has 1 aliphatic heterocycles. The quantitative estimate of drug-likeness (QED) is 0.870. The van der Waals surface area contributed by atoms with Crippen molar-refractivity contribution in [2.24, 2.45) is 0 Å². The van der Waals surface area contributed by atoms with Crippen LogP contribution in [0.5, 0.6) is 0 Å². The van der Waals surface area contributed by atoms with Gasteiger partial charge in [0, 0.05) is 41.8 Å². The van der Waals surface area contributed by atoms with Crippen molar-refractivity contribution in [1.29, 1.82) is 0 Å². The third-order valence-electron chi connectivity index (χ3n) is 2.29. The van der Waals surface area contributed by atoms with Crippen molar-refractivity contribution in [3.05, 3.63) is 30.1 Å². The predicted molar refractivity (Wildman–Crippen MR) is 69.5 cm³/mol. The molecule has 0 radical (unpaired) electrons. The van der Waals surface area contributed by atoms with Crippen LogP contribution in [0.4, 0.5) is 0 Å². The van der Waals surface area contributed by atoms with E-state index in [-0.39, 0.29) is 0 Å². The van der Waals surface area contributed by atoms with Gasteiger partial charge in [-0.05, 0) is 12.1 Å². The molecule has 0 spiro atoms. The average Bonchev–Trinajstić information content (AvgIpc) is 2.32. The van der Waals surface area contributed by atoms with Gasteiger partial charge >= 0.3 is 0 Å². The van der Waals surface area contributed by atoms with Crippen molar-refractivity contribution in [2.75, 3.05) is 23.8 Å². The Morgan fingerprint density at radius 3 is 3.13 bits per heavy atom. The lowest BCUT2D eigenvalue weighted by atomic mass is 10.3. The summed E-state index contributed by atoms with van der Waals surface area (Å²) in [5, 5.41) is 4.26. The second kappa shape index (κ2) is 6.40. The SMILES string of the molecule is c1ccc(CNCC2CSCCS2)nc1. The first-order valence-electron chi connectivity index (χ1n) is 5.25. The van der Waals surface area contributed by atoms with E-state index in [4.69, 9.17) is 0 Å². The molecule has 2 heterocycles. The molecule has 0 bridgehead atoms. The van der Waals surface area contributed by atoms with Gasteiger partial charge in [-0.1, -0.05) is 6.07 Å². The lowest BCUT2D eigenvalue weighted by Crippen LogP contribution is -2.28. The fourth-order valence-electron chi connectivity index (χ4n) is 1.52. The molecule has 1 aliphatic rings. The number of nitrogens with zero attached hydrogens (tertiary/aromatic N) is 1. The van der Waals surface area contributed by atoms with Gasteiger partial charge in [-0.15, -0.1) is 0 Å². The molecule has 15 heavy (non-hydrogen) atoms. The molecule has 0 saturated carbocycles. The Labute approximate surface area is 99.6 Å². The molecule has 2 rings (SSSR count). The summed E-state index contributed by atoms with van der Waals surface area (Å²) in [6.07, 6.45) is 1.85. The van der Waals surface area contributed by atoms with Crippen LogP contribution < -0.4 is 5.32 Å². The summed E-state index contributed by atoms with van der Waals surface area (Å²) in [7, 11) is 0. The van der Waals surface area contributed by atoms with Crippen LogP contribution in [0.25, 0.3) is 0 Å². The van der Waals surface area contributed by atoms with Crippen LogP contribution in [-0.4, -0.2) is 34.0 Å². The van der Waals surface area contributed by atoms with Gasteiger partial charge in [0.2, 0.25) is 0 Å². The molecular formula is C11H16N2S2. The second-order valence-electron chi connectivity index (χ2n) is 3.52. The smallest absolute Gasteiger partial charge is 0.0541 e. The normalized spacial score (nSPS) is 21.5. The fraction of sp³-hybridized carbons (Fsp3) is 0.545. The highest BCUT2D eigenvalue weighted by atomic mass is 32.2. The number of hydrogen-bond acceptors (Lipinski definition) is 4. The van der Waals surface area contributed by atoms with Gasteiger partial charge in [0.15, 0.2) is 0 Å². The molecule has 82 valence electrons. The summed E-state index contributed by atoms with van der Waals surface area (Å²) in [5.74, 6) is 3.92. The summed E-state index contributed by atoms with van der Waals surface area (Å²) in [5.41, 5.74) is 1.13. The maximum absolute atomic E-state index is 4.29. The van der Waals surface area contributed by atoms with Crippen LogP contribution in [0.1, 0.15) is 5.69 Å². The first-order chi connectivity index (χ1) is 7.45. The number of hydrogen-bond donors (Lipinski definition) is 1. The van der Waals surface area contributed by atoms with E-state index < -0.39 is 0 Å². The minimum absolute atomic E-state index is 0.785. The largest absolute Gasteiger partial charge is 0.310 e. The van der Waals surface area contributed by atoms with E-state index in [0.717, 1.165) is 24.0 Å². The molecule has 1 N–H and O–H groups in total. The lowest BCUT2D eigenvalue weighted by Gasteiger charge is -2.21. The molecule has 1 atom stereocenters. The van der Waals surface area contributed by atoms with E-state index in [0.29, 0.717) is 0 Å². The molecule has 1 saturated heterocycles. The highest BCUT2D eigenvalue weighted by Crippen LogP contribution is 2.23. The number of aromatic nitrogens is 1. The molecule has 0 amide bonds. The molecule has 1 fully saturated rings. The van der Waals surface area contributed by atoms with Crippen LogP contribution in [0.15, 0.2) is 24.4 Å². The highest BCUT2D eigenvalue weighted by Gasteiger charge is 2.13. The Morgan fingerprint density at radius 2 is 2.40 bits per heavy atom. The summed E-state index contributed by atoms with van der Waals surface area (Å²) >= 11 is 4.17. The van der Waals surface area contributed by atoms with Gasteiger partial charge in [0.25, 0.3) is 0 Å². The molecule has 1 aromatic rings. The minimum Gasteiger partial charge on any atom is -0.310 e. The van der Waals surface area contributed by atoms with E-state index in [9.17, 15) is 0 Å². The molecule has 0 aliphatic carbocycles. The Kier molecular flexibility index (Phi) is 4.83. The van der Waals surface area contributed by atoms with E-state index in [2.05, 4.69) is 39.9 Å². The molecule has 1 unspecified atom stereocenters. The van der Waals surface area contributed by atoms with Gasteiger partial charge in [-0.3, -0.25) is 4.98 Å². The van der Waals surface area contributed by atoms with Crippen molar-refractivity contribution >= 4 is 23.5 Å². The lowest BCUT2D eigenvalue weighted by molar-refractivity contribution is 0.674. The maximum Gasteiger partial charge on any atom is 0.0541 e. The zero-order valence-electron chi connectivity index (χ0n) is 8.69. The van der Waals surface area contributed by atoms with Crippen molar-refractivity contribution in [3.8, 4) is 0 Å². The van der Waals surface area contributed by atoms with Crippen molar-refractivity contribution in [3.63, 3.8) is 0 Å². The van der Waals surface area contributed by atoms with Gasteiger partial charge < -0.3 is 5.32 Å². The van der Waals surface area contributed by atoms with E-state index in [1.165, 1.54) is 17.3 Å². The van der Waals surface area contributed by atoms with Crippen LogP contribution in [0.2, 0.25) is 0 Å². The number of pyridine rings is 1. The molecule has 0 aromatic carbocycles. The van der Waals surface area contributed by atoms with Crippen molar-refractivity contribution in [1.82, 2.24) is 10.3 Å². The average molecular weight is 240 g/mol. The van der Waals surface area contributed by atoms with Gasteiger partial charge in [0.1, 0.15) is 0 Å². The number of nitrogens with one attached hydrogen (secondary N) is 1. The predicted octanol–water partition coefficient (Wildman–Crippen LogP) is 2.02. The highest BCUT2D eigenvalue weighted by molar-refractivity contribution is 8.06. The third kappa shape index (κ3) is 4.05. The summed E-state index contributed by atoms with van der Waals surface area (Å²) in [6, 6.07) is 6.06. The zero-order chi connectivity index (χ0) is 10.3. The molecular weight excluding hydrogens is 224 g/mol.